The number of hydrogen-bond donors (Lipinski definition) is 3. The maximum absolute atomic E-state index is 10.5. The van der Waals surface area contributed by atoms with Crippen LogP contribution in [0.4, 0.5) is 11.5 Å². The van der Waals surface area contributed by atoms with Gasteiger partial charge in [-0.15, -0.1) is 0 Å². The zero-order valence-electron chi connectivity index (χ0n) is 9.56. The molecule has 7 heteroatoms. The Labute approximate surface area is 109 Å². The number of aliphatic hydroxyl groups is 1. The van der Waals surface area contributed by atoms with Gasteiger partial charge in [0.25, 0.3) is 0 Å². The SMILES string of the molecule is O=CNc1c(Cl)ncnc1NC1(CO)C=CCC1. The molecule has 1 aliphatic rings. The van der Waals surface area contributed by atoms with Crippen molar-refractivity contribution < 1.29 is 9.90 Å². The molecule has 0 fully saturated rings. The van der Waals surface area contributed by atoms with Crippen molar-refractivity contribution in [3.63, 3.8) is 0 Å². The van der Waals surface area contributed by atoms with Crippen molar-refractivity contribution >= 4 is 29.5 Å². The number of halogens is 1. The van der Waals surface area contributed by atoms with Crippen molar-refractivity contribution in [2.75, 3.05) is 17.2 Å². The van der Waals surface area contributed by atoms with E-state index in [2.05, 4.69) is 20.6 Å². The number of hydrogen-bond acceptors (Lipinski definition) is 5. The molecule has 1 atom stereocenters. The van der Waals surface area contributed by atoms with Crippen LogP contribution in [0, 0.1) is 0 Å². The van der Waals surface area contributed by atoms with Gasteiger partial charge in [-0.3, -0.25) is 4.79 Å². The van der Waals surface area contributed by atoms with Gasteiger partial charge < -0.3 is 15.7 Å². The first kappa shape index (κ1) is 12.8. The third-order valence-corrected chi connectivity index (χ3v) is 3.13. The van der Waals surface area contributed by atoms with Gasteiger partial charge in [-0.25, -0.2) is 9.97 Å². The topological polar surface area (TPSA) is 87.1 Å². The molecule has 0 saturated carbocycles. The molecule has 0 saturated heterocycles. The third-order valence-electron chi connectivity index (χ3n) is 2.85. The van der Waals surface area contributed by atoms with Gasteiger partial charge in [-0.2, -0.15) is 0 Å². The number of nitrogens with zero attached hydrogens (tertiary/aromatic N) is 2. The van der Waals surface area contributed by atoms with Crippen LogP contribution in [0.2, 0.25) is 5.15 Å². The highest BCUT2D eigenvalue weighted by Gasteiger charge is 2.30. The molecule has 1 heterocycles. The molecule has 0 bridgehead atoms. The fraction of sp³-hybridized carbons (Fsp3) is 0.364. The summed E-state index contributed by atoms with van der Waals surface area (Å²) in [6.07, 6.45) is 7.32. The van der Waals surface area contributed by atoms with E-state index in [1.54, 1.807) is 0 Å². The molecule has 6 nitrogen and oxygen atoms in total. The summed E-state index contributed by atoms with van der Waals surface area (Å²) in [5, 5.41) is 15.2. The molecular formula is C11H13ClN4O2. The van der Waals surface area contributed by atoms with Gasteiger partial charge in [0.15, 0.2) is 11.0 Å². The van der Waals surface area contributed by atoms with Gasteiger partial charge in [-0.05, 0) is 12.8 Å². The Balaban J connectivity index is 2.30. The first-order valence-electron chi connectivity index (χ1n) is 5.48. The highest BCUT2D eigenvalue weighted by Crippen LogP contribution is 2.32. The summed E-state index contributed by atoms with van der Waals surface area (Å²) in [4.78, 5) is 18.4. The smallest absolute Gasteiger partial charge is 0.211 e. The Morgan fingerprint density at radius 1 is 1.56 bits per heavy atom. The minimum atomic E-state index is -0.559. The molecule has 0 aliphatic heterocycles. The normalized spacial score (nSPS) is 21.9. The second-order valence-corrected chi connectivity index (χ2v) is 4.39. The summed E-state index contributed by atoms with van der Waals surface area (Å²) >= 11 is 5.89. The van der Waals surface area contributed by atoms with Crippen LogP contribution in [-0.2, 0) is 4.79 Å². The second-order valence-electron chi connectivity index (χ2n) is 4.03. The lowest BCUT2D eigenvalue weighted by molar-refractivity contribution is -0.105. The summed E-state index contributed by atoms with van der Waals surface area (Å²) in [7, 11) is 0. The lowest BCUT2D eigenvalue weighted by Gasteiger charge is -2.27. The second kappa shape index (κ2) is 5.32. The van der Waals surface area contributed by atoms with Crippen molar-refractivity contribution in [3.05, 3.63) is 23.6 Å². The Morgan fingerprint density at radius 3 is 3.00 bits per heavy atom. The van der Waals surface area contributed by atoms with Crippen molar-refractivity contribution in [1.29, 1.82) is 0 Å². The quantitative estimate of drug-likeness (QED) is 0.424. The largest absolute Gasteiger partial charge is 0.394 e. The molecule has 1 amide bonds. The average Bonchev–Trinajstić information content (AvgIpc) is 2.83. The molecule has 96 valence electrons. The molecule has 3 N–H and O–H groups in total. The predicted molar refractivity (Wildman–Crippen MR) is 68.5 cm³/mol. The molecular weight excluding hydrogens is 256 g/mol. The summed E-state index contributed by atoms with van der Waals surface area (Å²) < 4.78 is 0. The molecule has 2 rings (SSSR count). The standard InChI is InChI=1S/C11H13ClN4O2/c12-9-8(15-7-18)10(14-6-13-9)16-11(5-17)3-1-2-4-11/h1,3,6-7,17H,2,4-5H2,(H,15,18)(H,13,14,16). The maximum Gasteiger partial charge on any atom is 0.211 e. The van der Waals surface area contributed by atoms with E-state index in [1.807, 2.05) is 12.2 Å². The fourth-order valence-corrected chi connectivity index (χ4v) is 2.08. The minimum Gasteiger partial charge on any atom is -0.394 e. The van der Waals surface area contributed by atoms with Crippen LogP contribution in [0.1, 0.15) is 12.8 Å². The van der Waals surface area contributed by atoms with E-state index in [1.165, 1.54) is 6.33 Å². The lowest BCUT2D eigenvalue weighted by Crippen LogP contribution is -2.38. The number of rotatable bonds is 5. The van der Waals surface area contributed by atoms with Crippen LogP contribution in [0.3, 0.4) is 0 Å². The first-order chi connectivity index (χ1) is 8.71. The Bertz CT molecular complexity index is 480. The lowest BCUT2D eigenvalue weighted by atomic mass is 10.0. The monoisotopic (exact) mass is 268 g/mol. The number of amides is 1. The summed E-state index contributed by atoms with van der Waals surface area (Å²) in [5.74, 6) is 0.391. The molecule has 1 aromatic rings. The number of carbonyl (C=O) groups excluding carboxylic acids is 1. The van der Waals surface area contributed by atoms with Gasteiger partial charge in [0.1, 0.15) is 12.0 Å². The van der Waals surface area contributed by atoms with E-state index in [0.29, 0.717) is 17.9 Å². The van der Waals surface area contributed by atoms with E-state index >= 15 is 0 Å². The van der Waals surface area contributed by atoms with Crippen molar-refractivity contribution in [2.45, 2.75) is 18.4 Å². The van der Waals surface area contributed by atoms with Crippen LogP contribution < -0.4 is 10.6 Å². The number of allylic oxidation sites excluding steroid dienone is 1. The molecule has 0 aromatic carbocycles. The molecule has 1 aromatic heterocycles. The van der Waals surface area contributed by atoms with Crippen LogP contribution in [-0.4, -0.2) is 33.6 Å². The number of anilines is 2. The van der Waals surface area contributed by atoms with Crippen molar-refractivity contribution in [3.8, 4) is 0 Å². The van der Waals surface area contributed by atoms with Gasteiger partial charge in [0.05, 0.1) is 12.1 Å². The van der Waals surface area contributed by atoms with E-state index < -0.39 is 5.54 Å². The fourth-order valence-electron chi connectivity index (χ4n) is 1.89. The van der Waals surface area contributed by atoms with Crippen molar-refractivity contribution in [1.82, 2.24) is 9.97 Å². The van der Waals surface area contributed by atoms with E-state index in [0.717, 1.165) is 12.8 Å². The van der Waals surface area contributed by atoms with Crippen LogP contribution >= 0.6 is 11.6 Å². The summed E-state index contributed by atoms with van der Waals surface area (Å²) in [6, 6.07) is 0. The van der Waals surface area contributed by atoms with Crippen LogP contribution in [0.25, 0.3) is 0 Å². The number of carbonyl (C=O) groups is 1. The zero-order chi connectivity index (χ0) is 13.0. The maximum atomic E-state index is 10.5. The van der Waals surface area contributed by atoms with Gasteiger partial charge in [0, 0.05) is 0 Å². The predicted octanol–water partition coefficient (Wildman–Crippen LogP) is 1.19. The molecule has 0 spiro atoms. The number of aliphatic hydroxyl groups excluding tert-OH is 1. The Hall–Kier alpha value is -1.66. The number of nitrogens with one attached hydrogen (secondary N) is 2. The third kappa shape index (κ3) is 2.44. The van der Waals surface area contributed by atoms with Gasteiger partial charge >= 0.3 is 0 Å². The van der Waals surface area contributed by atoms with Crippen LogP contribution in [0.15, 0.2) is 18.5 Å². The van der Waals surface area contributed by atoms with Gasteiger partial charge in [0.2, 0.25) is 6.41 Å². The van der Waals surface area contributed by atoms with E-state index in [4.69, 9.17) is 11.6 Å². The molecule has 1 aliphatic carbocycles. The molecule has 0 radical (unpaired) electrons. The zero-order valence-corrected chi connectivity index (χ0v) is 10.3. The van der Waals surface area contributed by atoms with E-state index in [9.17, 15) is 9.90 Å². The van der Waals surface area contributed by atoms with Crippen LogP contribution in [0.5, 0.6) is 0 Å². The van der Waals surface area contributed by atoms with Gasteiger partial charge in [-0.1, -0.05) is 23.8 Å². The average molecular weight is 269 g/mol. The Kier molecular flexibility index (Phi) is 3.78. The summed E-state index contributed by atoms with van der Waals surface area (Å²) in [6.45, 7) is -0.0638. The molecule has 18 heavy (non-hydrogen) atoms. The summed E-state index contributed by atoms with van der Waals surface area (Å²) in [5.41, 5.74) is -0.251. The highest BCUT2D eigenvalue weighted by molar-refractivity contribution is 6.32. The minimum absolute atomic E-state index is 0.0638. The van der Waals surface area contributed by atoms with E-state index in [-0.39, 0.29) is 11.8 Å². The molecule has 1 unspecified atom stereocenters. The van der Waals surface area contributed by atoms with Crippen molar-refractivity contribution in [2.24, 2.45) is 0 Å². The Morgan fingerprint density at radius 2 is 2.39 bits per heavy atom. The highest BCUT2D eigenvalue weighted by atomic mass is 35.5. The first-order valence-corrected chi connectivity index (χ1v) is 5.86. The number of aromatic nitrogens is 2.